The number of aromatic nitrogens is 1. The van der Waals surface area contributed by atoms with Crippen LogP contribution in [-0.2, 0) is 0 Å². The Bertz CT molecular complexity index is 993. The first-order valence-corrected chi connectivity index (χ1v) is 5.79. The number of benzene rings is 2. The van der Waals surface area contributed by atoms with Gasteiger partial charge in [-0.3, -0.25) is 0 Å². The molecule has 1 aliphatic rings. The Balaban J connectivity index is 2.32. The number of pyridine rings is 1. The van der Waals surface area contributed by atoms with Crippen LogP contribution in [0.3, 0.4) is 0 Å². The maximum absolute atomic E-state index is 11.8. The van der Waals surface area contributed by atoms with Crippen LogP contribution in [-0.4, -0.2) is 11.0 Å². The Kier molecular flexibility index (Phi) is 1.79. The lowest BCUT2D eigenvalue weighted by Crippen LogP contribution is -2.32. The van der Waals surface area contributed by atoms with E-state index in [2.05, 4.69) is 9.98 Å². The minimum absolute atomic E-state index is 0.292. The van der Waals surface area contributed by atoms with Crippen LogP contribution in [0.15, 0.2) is 47.5 Å². The molecule has 90 valence electrons. The Labute approximate surface area is 106 Å². The van der Waals surface area contributed by atoms with Gasteiger partial charge >= 0.3 is 6.03 Å². The Morgan fingerprint density at radius 1 is 1.05 bits per heavy atom. The lowest BCUT2D eigenvalue weighted by Gasteiger charge is -2.02. The third kappa shape index (κ3) is 1.29. The van der Waals surface area contributed by atoms with Gasteiger partial charge in [-0.25, -0.2) is 4.98 Å². The summed E-state index contributed by atoms with van der Waals surface area (Å²) in [5.74, 6) is 0. The third-order valence-corrected chi connectivity index (χ3v) is 3.24. The Morgan fingerprint density at radius 3 is 2.79 bits per heavy atom. The van der Waals surface area contributed by atoms with Gasteiger partial charge in [-0.1, -0.05) is 18.2 Å². The minimum Gasteiger partial charge on any atom is -0.708 e. The van der Waals surface area contributed by atoms with Gasteiger partial charge in [0.05, 0.1) is 16.4 Å². The summed E-state index contributed by atoms with van der Waals surface area (Å²) in [6, 6.07) is 12.2. The number of hydroxylamine groups is 1. The van der Waals surface area contributed by atoms with Crippen LogP contribution >= 0.6 is 0 Å². The first-order chi connectivity index (χ1) is 9.24. The highest BCUT2D eigenvalue weighted by Crippen LogP contribution is 2.16. The van der Waals surface area contributed by atoms with Crippen molar-refractivity contribution in [2.45, 2.75) is 0 Å². The number of fused-ring (bicyclic) bond motifs is 4. The fourth-order valence-corrected chi connectivity index (χ4v) is 2.37. The van der Waals surface area contributed by atoms with E-state index in [0.717, 1.165) is 10.9 Å². The van der Waals surface area contributed by atoms with Gasteiger partial charge in [-0.05, 0) is 24.3 Å². The maximum Gasteiger partial charge on any atom is 0.544 e. The van der Waals surface area contributed by atoms with E-state index in [1.807, 2.05) is 30.3 Å². The molecule has 0 fully saturated rings. The number of rotatable bonds is 0. The van der Waals surface area contributed by atoms with Crippen molar-refractivity contribution in [3.63, 3.8) is 0 Å². The van der Waals surface area contributed by atoms with Crippen molar-refractivity contribution in [2.75, 3.05) is 0 Å². The van der Waals surface area contributed by atoms with E-state index in [-0.39, 0.29) is 0 Å². The van der Waals surface area contributed by atoms with Gasteiger partial charge in [0.15, 0.2) is 5.36 Å². The number of carbonyl (C=O) groups excluding carboxylic acids is 1. The number of urea groups is 1. The monoisotopic (exact) mass is 249 g/mol. The number of nitrogens with zero attached hydrogens (tertiary/aromatic N) is 3. The van der Waals surface area contributed by atoms with Crippen molar-refractivity contribution in [1.29, 1.82) is 0 Å². The van der Waals surface area contributed by atoms with Gasteiger partial charge in [0.2, 0.25) is 5.36 Å². The summed E-state index contributed by atoms with van der Waals surface area (Å²) >= 11 is 0. The summed E-state index contributed by atoms with van der Waals surface area (Å²) < 4.78 is 0.327. The SMILES string of the molecule is O=C1N=c2ccc3nc4ccccc4cc3c2=[N+]1[O-]. The van der Waals surface area contributed by atoms with E-state index in [9.17, 15) is 10.0 Å². The van der Waals surface area contributed by atoms with Gasteiger partial charge in [0.1, 0.15) is 0 Å². The zero-order valence-corrected chi connectivity index (χ0v) is 9.70. The lowest BCUT2D eigenvalue weighted by atomic mass is 10.1. The number of hydrogen-bond donors (Lipinski definition) is 0. The van der Waals surface area contributed by atoms with Crippen molar-refractivity contribution < 1.29 is 4.79 Å². The predicted molar refractivity (Wildman–Crippen MR) is 70.0 cm³/mol. The van der Waals surface area contributed by atoms with E-state index in [4.69, 9.17) is 0 Å². The van der Waals surface area contributed by atoms with Crippen molar-refractivity contribution in [3.8, 4) is 0 Å². The Morgan fingerprint density at radius 2 is 1.89 bits per heavy atom. The summed E-state index contributed by atoms with van der Waals surface area (Å²) in [6.45, 7) is 0. The molecular weight excluding hydrogens is 242 g/mol. The second-order valence-electron chi connectivity index (χ2n) is 4.37. The molecule has 5 heteroatoms. The molecule has 0 N–H and O–H groups in total. The van der Waals surface area contributed by atoms with Crippen molar-refractivity contribution in [2.24, 2.45) is 4.99 Å². The number of hydrogen-bond acceptors (Lipinski definition) is 3. The fraction of sp³-hybridized carbons (Fsp3) is 0. The molecule has 3 aromatic rings. The van der Waals surface area contributed by atoms with Gasteiger partial charge in [-0.15, -0.1) is 0 Å². The average molecular weight is 249 g/mol. The molecular formula is C14H7N3O2. The second-order valence-corrected chi connectivity index (χ2v) is 4.37. The summed E-state index contributed by atoms with van der Waals surface area (Å²) in [5, 5.41) is 14.1. The van der Waals surface area contributed by atoms with Gasteiger partial charge in [-0.2, -0.15) is 9.53 Å². The Hall–Kier alpha value is -2.82. The molecule has 0 aliphatic carbocycles. The number of carbonyl (C=O) groups is 1. The van der Waals surface area contributed by atoms with E-state index in [1.165, 1.54) is 0 Å². The molecule has 2 amide bonds. The highest BCUT2D eigenvalue weighted by atomic mass is 16.5. The van der Waals surface area contributed by atoms with Crippen LogP contribution in [0.25, 0.3) is 21.8 Å². The van der Waals surface area contributed by atoms with Crippen molar-refractivity contribution in [1.82, 2.24) is 9.72 Å². The second kappa shape index (κ2) is 3.35. The summed E-state index contributed by atoms with van der Waals surface area (Å²) in [6.07, 6.45) is 0. The smallest absolute Gasteiger partial charge is 0.544 e. The molecule has 0 atom stereocenters. The largest absolute Gasteiger partial charge is 0.708 e. The highest BCUT2D eigenvalue weighted by molar-refractivity contribution is 5.93. The first-order valence-electron chi connectivity index (χ1n) is 5.79. The predicted octanol–water partition coefficient (Wildman–Crippen LogP) is 1.13. The molecule has 1 aliphatic heterocycles. The zero-order chi connectivity index (χ0) is 13.0. The lowest BCUT2D eigenvalue weighted by molar-refractivity contribution is 0.249. The molecule has 19 heavy (non-hydrogen) atoms. The molecule has 4 rings (SSSR count). The molecule has 2 aromatic carbocycles. The quantitative estimate of drug-likeness (QED) is 0.341. The van der Waals surface area contributed by atoms with Gasteiger partial charge in [0.25, 0.3) is 0 Å². The summed E-state index contributed by atoms with van der Waals surface area (Å²) in [4.78, 5) is 19.6. The summed E-state index contributed by atoms with van der Waals surface area (Å²) in [5.41, 5.74) is 1.54. The van der Waals surface area contributed by atoms with Crippen LogP contribution in [0, 0.1) is 5.21 Å². The van der Waals surface area contributed by atoms with Crippen molar-refractivity contribution in [3.05, 3.63) is 58.4 Å². The third-order valence-electron chi connectivity index (χ3n) is 3.24. The highest BCUT2D eigenvalue weighted by Gasteiger charge is 2.21. The van der Waals surface area contributed by atoms with Gasteiger partial charge in [0, 0.05) is 10.4 Å². The normalized spacial score (nSPS) is 13.9. The van der Waals surface area contributed by atoms with E-state index in [0.29, 0.717) is 26.4 Å². The molecule has 0 saturated heterocycles. The molecule has 0 radical (unpaired) electrons. The topological polar surface area (TPSA) is 68.4 Å². The molecule has 5 nitrogen and oxygen atoms in total. The molecule has 2 heterocycles. The van der Waals surface area contributed by atoms with Crippen LogP contribution < -0.4 is 15.5 Å². The first kappa shape index (κ1) is 10.1. The maximum atomic E-state index is 11.8. The van der Waals surface area contributed by atoms with E-state index < -0.39 is 6.03 Å². The molecule has 0 spiro atoms. The molecule has 0 unspecified atom stereocenters. The van der Waals surface area contributed by atoms with Crippen LogP contribution in [0.2, 0.25) is 0 Å². The van der Waals surface area contributed by atoms with E-state index >= 15 is 0 Å². The van der Waals surface area contributed by atoms with Crippen molar-refractivity contribution >= 4 is 27.8 Å². The fourth-order valence-electron chi connectivity index (χ4n) is 2.37. The zero-order valence-electron chi connectivity index (χ0n) is 9.70. The average Bonchev–Trinajstić information content (AvgIpc) is 2.72. The molecule has 1 aromatic heterocycles. The van der Waals surface area contributed by atoms with Crippen LogP contribution in [0.1, 0.15) is 0 Å². The van der Waals surface area contributed by atoms with E-state index in [1.54, 1.807) is 12.1 Å². The molecule has 0 saturated carbocycles. The van der Waals surface area contributed by atoms with Crippen LogP contribution in [0.4, 0.5) is 4.79 Å². The van der Waals surface area contributed by atoms with Crippen LogP contribution in [0.5, 0.6) is 0 Å². The summed E-state index contributed by atoms with van der Waals surface area (Å²) in [7, 11) is 0. The standard InChI is InChI=1S/C14H7N3O2/c18-14-16-12-6-5-11-9(13(12)17(14)19)7-8-3-1-2-4-10(8)15-11/h1-7H. The minimum atomic E-state index is -0.782. The number of para-hydroxylation sites is 1. The number of amides is 2. The van der Waals surface area contributed by atoms with Gasteiger partial charge < -0.3 is 5.21 Å². The molecule has 0 bridgehead atoms.